The smallest absolute Gasteiger partial charge is 0.141 e. The van der Waals surface area contributed by atoms with Crippen LogP contribution in [0, 0.1) is 3.57 Å². The van der Waals surface area contributed by atoms with E-state index in [0.29, 0.717) is 6.61 Å². The maximum absolute atomic E-state index is 8.49. The first-order valence-corrected chi connectivity index (χ1v) is 5.85. The minimum atomic E-state index is 0.587. The third kappa shape index (κ3) is 2.84. The van der Waals surface area contributed by atoms with E-state index in [9.17, 15) is 0 Å². The molecule has 0 aliphatic heterocycles. The minimum absolute atomic E-state index is 0.587. The van der Waals surface area contributed by atoms with Gasteiger partial charge in [0.1, 0.15) is 5.75 Å². The second-order valence-electron chi connectivity index (χ2n) is 2.48. The Kier molecular flexibility index (Phi) is 4.67. The van der Waals surface area contributed by atoms with Crippen molar-refractivity contribution >= 4 is 44.7 Å². The highest BCUT2D eigenvalue weighted by Crippen LogP contribution is 2.28. The number of rotatable bonds is 3. The molecule has 1 N–H and O–H groups in total. The summed E-state index contributed by atoms with van der Waals surface area (Å²) in [6, 6.07) is 3.78. The van der Waals surface area contributed by atoms with Crippen LogP contribution in [0.3, 0.4) is 0 Å². The third-order valence-electron chi connectivity index (χ3n) is 1.52. The average molecular weight is 370 g/mol. The Bertz CT molecular complexity index is 355. The maximum atomic E-state index is 8.49. The van der Waals surface area contributed by atoms with Gasteiger partial charge >= 0.3 is 0 Å². The monoisotopic (exact) mass is 369 g/mol. The molecule has 0 atom stereocenters. The standard InChI is InChI=1S/C9H9BrINO2/c1-2-14-9-6(5-12-13)3-7(10)4-8(9)11/h3-5,13H,2H2,1H3. The molecule has 0 aliphatic rings. The molecule has 76 valence electrons. The summed E-state index contributed by atoms with van der Waals surface area (Å²) in [4.78, 5) is 0. The molecule has 0 heterocycles. The average Bonchev–Trinajstić information content (AvgIpc) is 2.11. The van der Waals surface area contributed by atoms with E-state index >= 15 is 0 Å². The van der Waals surface area contributed by atoms with Gasteiger partial charge in [0.15, 0.2) is 0 Å². The van der Waals surface area contributed by atoms with Gasteiger partial charge in [-0.1, -0.05) is 21.1 Å². The summed E-state index contributed by atoms with van der Waals surface area (Å²) in [6.07, 6.45) is 1.36. The predicted molar refractivity (Wildman–Crippen MR) is 67.4 cm³/mol. The SMILES string of the molecule is CCOc1c(I)cc(Br)cc1C=NO. The minimum Gasteiger partial charge on any atom is -0.492 e. The molecule has 0 aromatic heterocycles. The molecule has 1 aromatic carbocycles. The summed E-state index contributed by atoms with van der Waals surface area (Å²) in [5, 5.41) is 11.5. The van der Waals surface area contributed by atoms with Crippen LogP contribution in [0.4, 0.5) is 0 Å². The number of oxime groups is 1. The second kappa shape index (κ2) is 5.55. The van der Waals surface area contributed by atoms with Crippen LogP contribution in [-0.2, 0) is 0 Å². The lowest BCUT2D eigenvalue weighted by Crippen LogP contribution is -1.98. The van der Waals surface area contributed by atoms with Crippen molar-refractivity contribution < 1.29 is 9.94 Å². The Morgan fingerprint density at radius 3 is 2.93 bits per heavy atom. The Morgan fingerprint density at radius 1 is 1.64 bits per heavy atom. The van der Waals surface area contributed by atoms with Gasteiger partial charge in [0.05, 0.1) is 16.4 Å². The number of ether oxygens (including phenoxy) is 1. The predicted octanol–water partition coefficient (Wildman–Crippen LogP) is 3.26. The van der Waals surface area contributed by atoms with Crippen LogP contribution in [0.25, 0.3) is 0 Å². The lowest BCUT2D eigenvalue weighted by atomic mass is 10.2. The first-order chi connectivity index (χ1) is 6.69. The number of benzene rings is 1. The van der Waals surface area contributed by atoms with Gasteiger partial charge < -0.3 is 9.94 Å². The van der Waals surface area contributed by atoms with Gasteiger partial charge in [-0.3, -0.25) is 0 Å². The number of hydrogen-bond acceptors (Lipinski definition) is 3. The van der Waals surface area contributed by atoms with Crippen LogP contribution in [-0.4, -0.2) is 18.0 Å². The van der Waals surface area contributed by atoms with Crippen molar-refractivity contribution in [1.82, 2.24) is 0 Å². The van der Waals surface area contributed by atoms with E-state index < -0.39 is 0 Å². The van der Waals surface area contributed by atoms with Crippen molar-refractivity contribution in [1.29, 1.82) is 0 Å². The summed E-state index contributed by atoms with van der Waals surface area (Å²) in [5.41, 5.74) is 0.758. The molecular formula is C9H9BrINO2. The van der Waals surface area contributed by atoms with Gasteiger partial charge in [0, 0.05) is 10.0 Å². The van der Waals surface area contributed by atoms with Gasteiger partial charge in [-0.25, -0.2) is 0 Å². The fourth-order valence-electron chi connectivity index (χ4n) is 1.03. The lowest BCUT2D eigenvalue weighted by molar-refractivity contribution is 0.320. The third-order valence-corrected chi connectivity index (χ3v) is 2.78. The Balaban J connectivity index is 3.21. The summed E-state index contributed by atoms with van der Waals surface area (Å²) >= 11 is 5.54. The van der Waals surface area contributed by atoms with Crippen LogP contribution in [0.2, 0.25) is 0 Å². The van der Waals surface area contributed by atoms with Crippen molar-refractivity contribution in [3.8, 4) is 5.75 Å². The molecule has 0 fully saturated rings. The van der Waals surface area contributed by atoms with Crippen LogP contribution in [0.15, 0.2) is 21.8 Å². The molecule has 14 heavy (non-hydrogen) atoms. The first-order valence-electron chi connectivity index (χ1n) is 3.98. The molecule has 0 bridgehead atoms. The van der Waals surface area contributed by atoms with Crippen molar-refractivity contribution in [2.45, 2.75) is 6.92 Å². The summed E-state index contributed by atoms with van der Waals surface area (Å²) in [6.45, 7) is 2.50. The van der Waals surface area contributed by atoms with Gasteiger partial charge in [0.2, 0.25) is 0 Å². The molecule has 0 aliphatic carbocycles. The van der Waals surface area contributed by atoms with Crippen LogP contribution in [0.5, 0.6) is 5.75 Å². The zero-order valence-electron chi connectivity index (χ0n) is 7.50. The molecular weight excluding hydrogens is 361 g/mol. The molecule has 5 heteroatoms. The first kappa shape index (κ1) is 11.8. The largest absolute Gasteiger partial charge is 0.492 e. The molecule has 0 saturated heterocycles. The van der Waals surface area contributed by atoms with Crippen molar-refractivity contribution in [2.24, 2.45) is 5.16 Å². The van der Waals surface area contributed by atoms with Gasteiger partial charge in [0.25, 0.3) is 0 Å². The highest BCUT2D eigenvalue weighted by molar-refractivity contribution is 14.1. The van der Waals surface area contributed by atoms with Crippen molar-refractivity contribution in [3.63, 3.8) is 0 Å². The fourth-order valence-corrected chi connectivity index (χ4v) is 2.74. The topological polar surface area (TPSA) is 41.8 Å². The van der Waals surface area contributed by atoms with Gasteiger partial charge in [-0.15, -0.1) is 0 Å². The summed E-state index contributed by atoms with van der Waals surface area (Å²) in [5.74, 6) is 0.745. The number of halogens is 2. The van der Waals surface area contributed by atoms with Crippen molar-refractivity contribution in [3.05, 3.63) is 25.7 Å². The molecule has 0 spiro atoms. The molecule has 0 amide bonds. The highest BCUT2D eigenvalue weighted by Gasteiger charge is 2.07. The molecule has 0 unspecified atom stereocenters. The van der Waals surface area contributed by atoms with Gasteiger partial charge in [-0.05, 0) is 41.6 Å². The Labute approximate surface area is 104 Å². The quantitative estimate of drug-likeness (QED) is 0.384. The Morgan fingerprint density at radius 2 is 2.36 bits per heavy atom. The zero-order valence-corrected chi connectivity index (χ0v) is 11.2. The maximum Gasteiger partial charge on any atom is 0.141 e. The lowest BCUT2D eigenvalue weighted by Gasteiger charge is -2.09. The van der Waals surface area contributed by atoms with E-state index in [2.05, 4.69) is 43.7 Å². The van der Waals surface area contributed by atoms with E-state index in [1.165, 1.54) is 6.21 Å². The molecule has 0 radical (unpaired) electrons. The van der Waals surface area contributed by atoms with Crippen molar-refractivity contribution in [2.75, 3.05) is 6.61 Å². The van der Waals surface area contributed by atoms with E-state index in [1.54, 1.807) is 0 Å². The van der Waals surface area contributed by atoms with E-state index in [0.717, 1.165) is 19.4 Å². The van der Waals surface area contributed by atoms with E-state index in [1.807, 2.05) is 19.1 Å². The van der Waals surface area contributed by atoms with E-state index in [-0.39, 0.29) is 0 Å². The molecule has 3 nitrogen and oxygen atoms in total. The molecule has 0 saturated carbocycles. The Hall–Kier alpha value is -0.300. The summed E-state index contributed by atoms with van der Waals surface area (Å²) in [7, 11) is 0. The van der Waals surface area contributed by atoms with Crippen LogP contribution in [0.1, 0.15) is 12.5 Å². The zero-order chi connectivity index (χ0) is 10.6. The molecule has 1 aromatic rings. The number of nitrogens with zero attached hydrogens (tertiary/aromatic N) is 1. The highest BCUT2D eigenvalue weighted by atomic mass is 127. The number of hydrogen-bond donors (Lipinski definition) is 1. The second-order valence-corrected chi connectivity index (χ2v) is 4.56. The summed E-state index contributed by atoms with van der Waals surface area (Å²) < 4.78 is 7.36. The van der Waals surface area contributed by atoms with Gasteiger partial charge in [-0.2, -0.15) is 0 Å². The van der Waals surface area contributed by atoms with Crippen LogP contribution < -0.4 is 4.74 Å². The van der Waals surface area contributed by atoms with E-state index in [4.69, 9.17) is 9.94 Å². The van der Waals surface area contributed by atoms with Crippen LogP contribution >= 0.6 is 38.5 Å². The normalized spacial score (nSPS) is 10.8. The fraction of sp³-hybridized carbons (Fsp3) is 0.222. The molecule has 1 rings (SSSR count).